The molecule has 2 aromatic rings. The topological polar surface area (TPSA) is 71.6 Å². The third kappa shape index (κ3) is 4.13. The molecule has 1 N–H and O–H groups in total. The number of hydrogen-bond donors (Lipinski definition) is 1. The van der Waals surface area contributed by atoms with Crippen LogP contribution in [0.1, 0.15) is 44.2 Å². The number of rotatable bonds is 8. The lowest BCUT2D eigenvalue weighted by Crippen LogP contribution is -2.28. The number of benzene rings is 1. The molecule has 1 atom stereocenters. The first-order valence-corrected chi connectivity index (χ1v) is 8.38. The lowest BCUT2D eigenvalue weighted by atomic mass is 10.0. The Morgan fingerprint density at radius 1 is 1.36 bits per heavy atom. The molecule has 0 aliphatic carbocycles. The van der Waals surface area contributed by atoms with Crippen molar-refractivity contribution in [3.8, 4) is 18.0 Å². The molecule has 0 fully saturated rings. The van der Waals surface area contributed by atoms with E-state index in [9.17, 15) is 4.79 Å². The summed E-state index contributed by atoms with van der Waals surface area (Å²) in [5, 5.41) is 11.2. The number of nitrogens with one attached hydrogen (secondary N) is 1. The van der Waals surface area contributed by atoms with Crippen LogP contribution in [-0.4, -0.2) is 21.1 Å². The second-order valence-corrected chi connectivity index (χ2v) is 6.20. The van der Waals surface area contributed by atoms with Gasteiger partial charge in [-0.1, -0.05) is 18.2 Å². The van der Waals surface area contributed by atoms with E-state index in [1.54, 1.807) is 12.5 Å². The maximum atomic E-state index is 12.3. The Bertz CT molecular complexity index is 797. The normalized spacial score (nSPS) is 15.4. The molecule has 0 bridgehead atoms. The van der Waals surface area contributed by atoms with Gasteiger partial charge in [-0.3, -0.25) is 4.79 Å². The van der Waals surface area contributed by atoms with E-state index in [4.69, 9.17) is 6.42 Å². The van der Waals surface area contributed by atoms with Gasteiger partial charge in [-0.15, -0.1) is 12.3 Å². The number of imidazole rings is 1. The molecule has 1 aromatic carbocycles. The molecule has 0 saturated heterocycles. The zero-order valence-corrected chi connectivity index (χ0v) is 14.2. The van der Waals surface area contributed by atoms with E-state index < -0.39 is 5.66 Å². The molecule has 3 rings (SSSR count). The van der Waals surface area contributed by atoms with Crippen molar-refractivity contribution in [2.75, 3.05) is 0 Å². The van der Waals surface area contributed by atoms with Crippen molar-refractivity contribution in [1.82, 2.24) is 14.9 Å². The van der Waals surface area contributed by atoms with Gasteiger partial charge in [0.05, 0.1) is 18.1 Å². The molecule has 0 spiro atoms. The number of amides is 1. The highest BCUT2D eigenvalue weighted by molar-refractivity contribution is 5.76. The molecule has 6 heteroatoms. The van der Waals surface area contributed by atoms with Crippen LogP contribution in [0.2, 0.25) is 0 Å². The van der Waals surface area contributed by atoms with E-state index in [1.807, 2.05) is 42.0 Å². The number of terminal acetylenes is 1. The molecule has 1 aliphatic rings. The predicted molar refractivity (Wildman–Crippen MR) is 95.0 cm³/mol. The van der Waals surface area contributed by atoms with E-state index in [2.05, 4.69) is 26.4 Å². The minimum atomic E-state index is -0.415. The molecular formula is C19H21N5O. The minimum Gasteiger partial charge on any atom is -0.350 e. The largest absolute Gasteiger partial charge is 0.350 e. The second-order valence-electron chi connectivity index (χ2n) is 6.20. The van der Waals surface area contributed by atoms with E-state index in [0.29, 0.717) is 19.3 Å². The van der Waals surface area contributed by atoms with Crippen molar-refractivity contribution in [1.29, 1.82) is 0 Å². The first-order chi connectivity index (χ1) is 12.1. The van der Waals surface area contributed by atoms with Gasteiger partial charge in [0.1, 0.15) is 0 Å². The lowest BCUT2D eigenvalue weighted by Gasteiger charge is -2.19. The average molecular weight is 335 g/mol. The summed E-state index contributed by atoms with van der Waals surface area (Å²) >= 11 is 0. The summed E-state index contributed by atoms with van der Waals surface area (Å²) < 4.78 is 1.94. The van der Waals surface area contributed by atoms with Gasteiger partial charge in [0.2, 0.25) is 5.91 Å². The fourth-order valence-electron chi connectivity index (χ4n) is 2.86. The summed E-state index contributed by atoms with van der Waals surface area (Å²) in [6.07, 6.45) is 13.0. The summed E-state index contributed by atoms with van der Waals surface area (Å²) in [6.45, 7) is 1.98. The highest BCUT2D eigenvalue weighted by Gasteiger charge is 2.39. The quantitative estimate of drug-likeness (QED) is 0.751. The number of nitrogens with zero attached hydrogens (tertiary/aromatic N) is 4. The standard InChI is InChI=1S/C19H21N5O/c1-3-4-10-19(22-23-19)11-9-18(25)21-15(2)16-7-5-6-8-17(16)24-13-12-20-14-24/h1,5-8,12-15H,4,9-11H2,2H3,(H,21,25). The van der Waals surface area contributed by atoms with Crippen LogP contribution in [0.3, 0.4) is 0 Å². The van der Waals surface area contributed by atoms with E-state index >= 15 is 0 Å². The molecule has 1 amide bonds. The van der Waals surface area contributed by atoms with Gasteiger partial charge >= 0.3 is 0 Å². The zero-order valence-electron chi connectivity index (χ0n) is 14.2. The first kappa shape index (κ1) is 16.9. The Labute approximate surface area is 147 Å². The van der Waals surface area contributed by atoms with Gasteiger partial charge in [0.15, 0.2) is 5.66 Å². The van der Waals surface area contributed by atoms with Crippen molar-refractivity contribution in [2.24, 2.45) is 10.2 Å². The first-order valence-electron chi connectivity index (χ1n) is 8.38. The van der Waals surface area contributed by atoms with Crippen LogP contribution in [0, 0.1) is 12.3 Å². The van der Waals surface area contributed by atoms with Crippen LogP contribution >= 0.6 is 0 Å². The summed E-state index contributed by atoms with van der Waals surface area (Å²) in [7, 11) is 0. The van der Waals surface area contributed by atoms with E-state index in [0.717, 1.165) is 17.7 Å². The summed E-state index contributed by atoms with van der Waals surface area (Å²) in [6, 6.07) is 7.85. The molecule has 1 unspecified atom stereocenters. The van der Waals surface area contributed by atoms with Crippen molar-refractivity contribution < 1.29 is 4.79 Å². The molecule has 6 nitrogen and oxygen atoms in total. The number of para-hydroxylation sites is 1. The maximum Gasteiger partial charge on any atom is 0.220 e. The fraction of sp³-hybridized carbons (Fsp3) is 0.368. The van der Waals surface area contributed by atoms with Crippen LogP contribution in [-0.2, 0) is 4.79 Å². The Hall–Kier alpha value is -2.94. The van der Waals surface area contributed by atoms with E-state index in [1.165, 1.54) is 0 Å². The minimum absolute atomic E-state index is 0.00897. The third-order valence-electron chi connectivity index (χ3n) is 4.37. The van der Waals surface area contributed by atoms with E-state index in [-0.39, 0.29) is 11.9 Å². The Morgan fingerprint density at radius 2 is 2.16 bits per heavy atom. The summed E-state index contributed by atoms with van der Waals surface area (Å²) in [5.74, 6) is 2.59. The molecule has 1 aromatic heterocycles. The van der Waals surface area contributed by atoms with Gasteiger partial charge in [-0.2, -0.15) is 10.2 Å². The van der Waals surface area contributed by atoms with Crippen LogP contribution in [0.5, 0.6) is 0 Å². The fourth-order valence-corrected chi connectivity index (χ4v) is 2.86. The van der Waals surface area contributed by atoms with Crippen LogP contribution in [0.4, 0.5) is 0 Å². The molecule has 1 aliphatic heterocycles. The van der Waals surface area contributed by atoms with Gasteiger partial charge in [-0.25, -0.2) is 4.98 Å². The van der Waals surface area contributed by atoms with Gasteiger partial charge in [0, 0.05) is 38.1 Å². The summed E-state index contributed by atoms with van der Waals surface area (Å²) in [5.41, 5.74) is 1.63. The van der Waals surface area contributed by atoms with Crippen molar-refractivity contribution in [2.45, 2.75) is 44.3 Å². The average Bonchev–Trinajstić information content (AvgIpc) is 3.18. The predicted octanol–water partition coefficient (Wildman–Crippen LogP) is 3.41. The number of hydrogen-bond acceptors (Lipinski definition) is 4. The van der Waals surface area contributed by atoms with Crippen molar-refractivity contribution >= 4 is 5.91 Å². The second kappa shape index (κ2) is 7.31. The maximum absolute atomic E-state index is 12.3. The van der Waals surface area contributed by atoms with Crippen LogP contribution in [0.15, 0.2) is 53.2 Å². The molecule has 0 saturated carbocycles. The molecular weight excluding hydrogens is 314 g/mol. The lowest BCUT2D eigenvalue weighted by molar-refractivity contribution is -0.122. The molecule has 0 radical (unpaired) electrons. The molecule has 25 heavy (non-hydrogen) atoms. The number of carbonyl (C=O) groups excluding carboxylic acids is 1. The smallest absolute Gasteiger partial charge is 0.220 e. The number of aromatic nitrogens is 2. The molecule has 2 heterocycles. The van der Waals surface area contributed by atoms with Crippen LogP contribution < -0.4 is 5.32 Å². The highest BCUT2D eigenvalue weighted by atomic mass is 16.1. The zero-order chi connectivity index (χ0) is 17.7. The number of carbonyl (C=O) groups is 1. The van der Waals surface area contributed by atoms with Crippen LogP contribution in [0.25, 0.3) is 5.69 Å². The Balaban J connectivity index is 1.59. The van der Waals surface area contributed by atoms with Crippen molar-refractivity contribution in [3.05, 3.63) is 48.5 Å². The Kier molecular flexibility index (Phi) is 4.94. The Morgan fingerprint density at radius 3 is 2.84 bits per heavy atom. The monoisotopic (exact) mass is 335 g/mol. The van der Waals surface area contributed by atoms with Crippen molar-refractivity contribution in [3.63, 3.8) is 0 Å². The summed E-state index contributed by atoms with van der Waals surface area (Å²) in [4.78, 5) is 16.4. The van der Waals surface area contributed by atoms with Gasteiger partial charge in [0.25, 0.3) is 0 Å². The highest BCUT2D eigenvalue weighted by Crippen LogP contribution is 2.37. The SMILES string of the molecule is C#CCCC1(CCC(=O)NC(C)c2ccccc2-n2ccnc2)N=N1. The van der Waals surface area contributed by atoms with Gasteiger partial charge in [-0.05, 0) is 18.6 Å². The van der Waals surface area contributed by atoms with Gasteiger partial charge < -0.3 is 9.88 Å². The molecule has 128 valence electrons. The third-order valence-corrected chi connectivity index (χ3v) is 4.37.